The van der Waals surface area contributed by atoms with Gasteiger partial charge in [-0.25, -0.2) is 13.4 Å². The predicted molar refractivity (Wildman–Crippen MR) is 162 cm³/mol. The number of nitrogens with zero attached hydrogens (tertiary/aromatic N) is 2. The molecule has 2 aliphatic rings. The second-order valence-corrected chi connectivity index (χ2v) is 14.6. The predicted octanol–water partition coefficient (Wildman–Crippen LogP) is 4.43. The molecule has 1 aromatic heterocycles. The summed E-state index contributed by atoms with van der Waals surface area (Å²) < 4.78 is 42.0. The zero-order chi connectivity index (χ0) is 29.0. The SMILES string of the molecule is COCOCCC1CCN(C(=O)[C@H](Cc2nc3ccccc3s2)NS(=O)(=O)c2cccc3c2NCC(C)(C)C3)CC1. The number of aromatic nitrogens is 1. The monoisotopic (exact) mass is 600 g/mol. The van der Waals surface area contributed by atoms with E-state index in [2.05, 4.69) is 23.9 Å². The van der Waals surface area contributed by atoms with Crippen LogP contribution in [0.25, 0.3) is 10.2 Å². The van der Waals surface area contributed by atoms with Crippen molar-refractivity contribution in [2.45, 2.75) is 56.9 Å². The number of hydrogen-bond donors (Lipinski definition) is 2. The molecule has 0 bridgehead atoms. The highest BCUT2D eigenvalue weighted by molar-refractivity contribution is 7.89. The lowest BCUT2D eigenvalue weighted by Gasteiger charge is -2.35. The summed E-state index contributed by atoms with van der Waals surface area (Å²) >= 11 is 1.49. The average molecular weight is 601 g/mol. The summed E-state index contributed by atoms with van der Waals surface area (Å²) in [6.07, 6.45) is 3.59. The molecule has 0 aliphatic carbocycles. The van der Waals surface area contributed by atoms with Crippen molar-refractivity contribution in [1.82, 2.24) is 14.6 Å². The Labute approximate surface area is 246 Å². The third-order valence-corrected chi connectivity index (χ3v) is 10.5. The molecule has 5 rings (SSSR count). The summed E-state index contributed by atoms with van der Waals surface area (Å²) in [6.45, 7) is 7.07. The Kier molecular flexibility index (Phi) is 9.30. The Morgan fingerprint density at radius 3 is 2.73 bits per heavy atom. The van der Waals surface area contributed by atoms with E-state index in [0.29, 0.717) is 37.8 Å². The second kappa shape index (κ2) is 12.7. The minimum atomic E-state index is -4.01. The first-order valence-corrected chi connectivity index (χ1v) is 16.5. The van der Waals surface area contributed by atoms with E-state index in [0.717, 1.165) is 46.5 Å². The van der Waals surface area contributed by atoms with Crippen LogP contribution in [0.5, 0.6) is 0 Å². The van der Waals surface area contributed by atoms with Crippen LogP contribution in [-0.2, 0) is 37.1 Å². The number of fused-ring (bicyclic) bond motifs is 2. The van der Waals surface area contributed by atoms with Crippen LogP contribution in [-0.4, -0.2) is 70.4 Å². The maximum absolute atomic E-state index is 13.9. The molecule has 9 nitrogen and oxygen atoms in total. The van der Waals surface area contributed by atoms with Crippen LogP contribution in [0.15, 0.2) is 47.4 Å². The topological polar surface area (TPSA) is 110 Å². The lowest BCUT2D eigenvalue weighted by Crippen LogP contribution is -2.51. The molecule has 0 spiro atoms. The van der Waals surface area contributed by atoms with Crippen molar-refractivity contribution in [3.05, 3.63) is 53.0 Å². The summed E-state index contributed by atoms with van der Waals surface area (Å²) in [7, 11) is -2.41. The molecule has 11 heteroatoms. The molecule has 1 fully saturated rings. The van der Waals surface area contributed by atoms with Gasteiger partial charge < -0.3 is 19.7 Å². The number of anilines is 1. The van der Waals surface area contributed by atoms with Crippen LogP contribution >= 0.6 is 11.3 Å². The fourth-order valence-electron chi connectivity index (χ4n) is 5.72. The van der Waals surface area contributed by atoms with Gasteiger partial charge in [-0.1, -0.05) is 38.1 Å². The minimum Gasteiger partial charge on any atom is -0.383 e. The quantitative estimate of drug-likeness (QED) is 0.248. The molecule has 222 valence electrons. The Balaban J connectivity index is 1.36. The summed E-state index contributed by atoms with van der Waals surface area (Å²) in [5, 5.41) is 4.08. The number of thiazole rings is 1. The molecule has 2 N–H and O–H groups in total. The largest absolute Gasteiger partial charge is 0.383 e. The van der Waals surface area contributed by atoms with Crippen molar-refractivity contribution in [2.75, 3.05) is 45.5 Å². The highest BCUT2D eigenvalue weighted by Gasteiger charge is 2.35. The van der Waals surface area contributed by atoms with E-state index in [1.165, 1.54) is 11.3 Å². The van der Waals surface area contributed by atoms with Crippen LogP contribution in [0, 0.1) is 11.3 Å². The van der Waals surface area contributed by atoms with Gasteiger partial charge in [0.25, 0.3) is 0 Å². The number of benzene rings is 2. The first-order valence-electron chi connectivity index (χ1n) is 14.2. The molecule has 1 saturated heterocycles. The van der Waals surface area contributed by atoms with Crippen molar-refractivity contribution >= 4 is 43.2 Å². The Morgan fingerprint density at radius 1 is 1.20 bits per heavy atom. The van der Waals surface area contributed by atoms with Crippen LogP contribution in [0.1, 0.15) is 43.7 Å². The summed E-state index contributed by atoms with van der Waals surface area (Å²) in [4.78, 5) is 20.6. The zero-order valence-electron chi connectivity index (χ0n) is 24.0. The van der Waals surface area contributed by atoms with E-state index in [9.17, 15) is 13.2 Å². The van der Waals surface area contributed by atoms with Gasteiger partial charge in [0.15, 0.2) is 0 Å². The lowest BCUT2D eigenvalue weighted by molar-refractivity contribution is -0.134. The van der Waals surface area contributed by atoms with E-state index < -0.39 is 16.1 Å². The number of hydrogen-bond acceptors (Lipinski definition) is 8. The van der Waals surface area contributed by atoms with Gasteiger partial charge in [-0.05, 0) is 60.8 Å². The summed E-state index contributed by atoms with van der Waals surface area (Å²) in [5.74, 6) is 0.252. The van der Waals surface area contributed by atoms with E-state index in [1.54, 1.807) is 24.1 Å². The molecule has 41 heavy (non-hydrogen) atoms. The Bertz CT molecular complexity index is 1430. The average Bonchev–Trinajstić information content (AvgIpc) is 3.36. The van der Waals surface area contributed by atoms with Gasteiger partial charge in [0.1, 0.15) is 17.7 Å². The van der Waals surface area contributed by atoms with E-state index in [1.807, 2.05) is 30.3 Å². The third-order valence-electron chi connectivity index (χ3n) is 7.93. The molecule has 0 saturated carbocycles. The standard InChI is InChI=1S/C30H40N4O5S2/c1-30(2)18-22-7-6-10-26(28(22)31-19-30)41(36,37)33-24(17-27-32-23-8-4-5-9-25(23)40-27)29(35)34-14-11-21(12-15-34)13-16-39-20-38-3/h4-10,21,24,31,33H,11-20H2,1-3H3/t24-/m0/s1. The summed E-state index contributed by atoms with van der Waals surface area (Å²) in [5.41, 5.74) is 2.47. The molecule has 1 amide bonds. The van der Waals surface area contributed by atoms with Crippen LogP contribution < -0.4 is 10.0 Å². The van der Waals surface area contributed by atoms with Crippen LogP contribution in [0.2, 0.25) is 0 Å². The normalized spacial score (nSPS) is 18.2. The van der Waals surface area contributed by atoms with Crippen molar-refractivity contribution < 1.29 is 22.7 Å². The molecule has 2 aromatic carbocycles. The Hall–Kier alpha value is -2.57. The number of amides is 1. The number of piperidine rings is 1. The number of nitrogens with one attached hydrogen (secondary N) is 2. The lowest BCUT2D eigenvalue weighted by atomic mass is 9.82. The number of methoxy groups -OCH3 is 1. The number of rotatable bonds is 11. The van der Waals surface area contributed by atoms with Crippen molar-refractivity contribution in [1.29, 1.82) is 0 Å². The maximum atomic E-state index is 13.9. The molecule has 0 radical (unpaired) electrons. The highest BCUT2D eigenvalue weighted by Crippen LogP contribution is 2.36. The van der Waals surface area contributed by atoms with Gasteiger partial charge in [-0.15, -0.1) is 11.3 Å². The molecule has 1 atom stereocenters. The first-order chi connectivity index (χ1) is 19.6. The molecule has 3 aromatic rings. The van der Waals surface area contributed by atoms with Gasteiger partial charge in [-0.3, -0.25) is 4.79 Å². The highest BCUT2D eigenvalue weighted by atomic mass is 32.2. The minimum absolute atomic E-state index is 0.0240. The number of sulfonamides is 1. The fourth-order valence-corrected chi connectivity index (χ4v) is 8.15. The number of likely N-dealkylation sites (tertiary alicyclic amines) is 1. The van der Waals surface area contributed by atoms with Crippen LogP contribution in [0.3, 0.4) is 0 Å². The van der Waals surface area contributed by atoms with E-state index >= 15 is 0 Å². The van der Waals surface area contributed by atoms with Crippen molar-refractivity contribution in [3.63, 3.8) is 0 Å². The van der Waals surface area contributed by atoms with Crippen LogP contribution in [0.4, 0.5) is 5.69 Å². The van der Waals surface area contributed by atoms with Crippen molar-refractivity contribution in [3.8, 4) is 0 Å². The smallest absolute Gasteiger partial charge is 0.243 e. The molecule has 0 unspecified atom stereocenters. The fraction of sp³-hybridized carbons (Fsp3) is 0.533. The zero-order valence-corrected chi connectivity index (χ0v) is 25.7. The summed E-state index contributed by atoms with van der Waals surface area (Å²) in [6, 6.07) is 12.2. The Morgan fingerprint density at radius 2 is 1.98 bits per heavy atom. The number of ether oxygens (including phenoxy) is 2. The van der Waals surface area contributed by atoms with Crippen molar-refractivity contribution in [2.24, 2.45) is 11.3 Å². The van der Waals surface area contributed by atoms with Gasteiger partial charge in [0.05, 0.1) is 20.9 Å². The third kappa shape index (κ3) is 7.26. The first kappa shape index (κ1) is 29.9. The number of carbonyl (C=O) groups is 1. The molecule has 3 heterocycles. The van der Waals surface area contributed by atoms with E-state index in [4.69, 9.17) is 14.5 Å². The molecule has 2 aliphatic heterocycles. The van der Waals surface area contributed by atoms with Gasteiger partial charge in [0, 0.05) is 39.8 Å². The van der Waals surface area contributed by atoms with Gasteiger partial charge in [-0.2, -0.15) is 4.72 Å². The number of para-hydroxylation sites is 2. The molecular formula is C30H40N4O5S2. The second-order valence-electron chi connectivity index (χ2n) is 11.8. The number of carbonyl (C=O) groups excluding carboxylic acids is 1. The van der Waals surface area contributed by atoms with Gasteiger partial charge >= 0.3 is 0 Å². The molecular weight excluding hydrogens is 560 g/mol. The van der Waals surface area contributed by atoms with E-state index in [-0.39, 0.29) is 29.4 Å². The van der Waals surface area contributed by atoms with Gasteiger partial charge in [0.2, 0.25) is 15.9 Å². The maximum Gasteiger partial charge on any atom is 0.243 e.